The SMILES string of the molecule is CCCNC(c1ccc(OC)c(F)c1)C(C)CCC. The Labute approximate surface area is 116 Å². The normalized spacial score (nSPS) is 14.2. The molecule has 0 bridgehead atoms. The number of rotatable bonds is 8. The van der Waals surface area contributed by atoms with Crippen LogP contribution in [0.4, 0.5) is 4.39 Å². The summed E-state index contributed by atoms with van der Waals surface area (Å²) in [5, 5.41) is 3.53. The zero-order valence-electron chi connectivity index (χ0n) is 12.5. The van der Waals surface area contributed by atoms with Crippen molar-refractivity contribution in [1.82, 2.24) is 5.32 Å². The first-order valence-corrected chi connectivity index (χ1v) is 7.20. The summed E-state index contributed by atoms with van der Waals surface area (Å²) >= 11 is 0. The minimum Gasteiger partial charge on any atom is -0.494 e. The van der Waals surface area contributed by atoms with E-state index < -0.39 is 0 Å². The van der Waals surface area contributed by atoms with Crippen molar-refractivity contribution in [2.75, 3.05) is 13.7 Å². The van der Waals surface area contributed by atoms with Crippen molar-refractivity contribution in [3.05, 3.63) is 29.6 Å². The zero-order valence-corrected chi connectivity index (χ0v) is 12.5. The van der Waals surface area contributed by atoms with Crippen molar-refractivity contribution in [1.29, 1.82) is 0 Å². The fraction of sp³-hybridized carbons (Fsp3) is 0.625. The van der Waals surface area contributed by atoms with Crippen molar-refractivity contribution in [2.45, 2.75) is 46.1 Å². The molecule has 108 valence electrons. The summed E-state index contributed by atoms with van der Waals surface area (Å²) in [6.07, 6.45) is 3.35. The smallest absolute Gasteiger partial charge is 0.165 e. The molecule has 1 aromatic carbocycles. The summed E-state index contributed by atoms with van der Waals surface area (Å²) < 4.78 is 18.8. The highest BCUT2D eigenvalue weighted by Gasteiger charge is 2.19. The van der Waals surface area contributed by atoms with E-state index >= 15 is 0 Å². The number of nitrogens with one attached hydrogen (secondary N) is 1. The van der Waals surface area contributed by atoms with Crippen molar-refractivity contribution in [3.8, 4) is 5.75 Å². The predicted octanol–water partition coefficient (Wildman–Crippen LogP) is 4.31. The van der Waals surface area contributed by atoms with Crippen LogP contribution in [-0.4, -0.2) is 13.7 Å². The lowest BCUT2D eigenvalue weighted by atomic mass is 9.90. The second-order valence-corrected chi connectivity index (χ2v) is 5.09. The maximum Gasteiger partial charge on any atom is 0.165 e. The van der Waals surface area contributed by atoms with Gasteiger partial charge in [-0.05, 0) is 43.0 Å². The van der Waals surface area contributed by atoms with E-state index in [9.17, 15) is 4.39 Å². The van der Waals surface area contributed by atoms with E-state index in [1.54, 1.807) is 12.1 Å². The molecule has 19 heavy (non-hydrogen) atoms. The topological polar surface area (TPSA) is 21.3 Å². The van der Waals surface area contributed by atoms with E-state index in [-0.39, 0.29) is 11.9 Å². The van der Waals surface area contributed by atoms with E-state index in [1.165, 1.54) is 7.11 Å². The van der Waals surface area contributed by atoms with Gasteiger partial charge in [-0.25, -0.2) is 4.39 Å². The average Bonchev–Trinajstić information content (AvgIpc) is 2.39. The minimum atomic E-state index is -0.285. The van der Waals surface area contributed by atoms with Gasteiger partial charge in [-0.1, -0.05) is 33.3 Å². The van der Waals surface area contributed by atoms with E-state index in [0.29, 0.717) is 11.7 Å². The largest absolute Gasteiger partial charge is 0.494 e. The number of hydrogen-bond acceptors (Lipinski definition) is 2. The molecule has 0 amide bonds. The molecule has 1 aromatic rings. The predicted molar refractivity (Wildman–Crippen MR) is 78.1 cm³/mol. The van der Waals surface area contributed by atoms with Crippen LogP contribution in [-0.2, 0) is 0 Å². The molecule has 0 aromatic heterocycles. The van der Waals surface area contributed by atoms with Gasteiger partial charge in [0, 0.05) is 6.04 Å². The van der Waals surface area contributed by atoms with E-state index in [4.69, 9.17) is 4.74 Å². The van der Waals surface area contributed by atoms with Crippen LogP contribution in [0.15, 0.2) is 18.2 Å². The molecule has 0 fully saturated rings. The maximum absolute atomic E-state index is 13.8. The maximum atomic E-state index is 13.8. The first kappa shape index (κ1) is 16.0. The summed E-state index contributed by atoms with van der Waals surface area (Å²) in [6.45, 7) is 7.50. The van der Waals surface area contributed by atoms with Gasteiger partial charge in [0.15, 0.2) is 11.6 Å². The summed E-state index contributed by atoms with van der Waals surface area (Å²) in [4.78, 5) is 0. The van der Waals surface area contributed by atoms with Crippen LogP contribution >= 0.6 is 0 Å². The summed E-state index contributed by atoms with van der Waals surface area (Å²) in [5.74, 6) is 0.512. The van der Waals surface area contributed by atoms with E-state index in [0.717, 1.165) is 31.4 Å². The van der Waals surface area contributed by atoms with Crippen LogP contribution in [0.25, 0.3) is 0 Å². The Balaban J connectivity index is 2.92. The molecule has 0 aliphatic rings. The van der Waals surface area contributed by atoms with Gasteiger partial charge in [-0.15, -0.1) is 0 Å². The van der Waals surface area contributed by atoms with Gasteiger partial charge in [-0.2, -0.15) is 0 Å². The molecule has 0 radical (unpaired) electrons. The quantitative estimate of drug-likeness (QED) is 0.757. The van der Waals surface area contributed by atoms with Crippen LogP contribution in [0.5, 0.6) is 5.75 Å². The van der Waals surface area contributed by atoms with Crippen LogP contribution < -0.4 is 10.1 Å². The van der Waals surface area contributed by atoms with E-state index in [1.807, 2.05) is 6.07 Å². The third kappa shape index (κ3) is 4.50. The molecule has 0 aliphatic carbocycles. The molecule has 0 spiro atoms. The van der Waals surface area contributed by atoms with Gasteiger partial charge >= 0.3 is 0 Å². The fourth-order valence-electron chi connectivity index (χ4n) is 2.45. The molecule has 0 heterocycles. The lowest BCUT2D eigenvalue weighted by molar-refractivity contribution is 0.358. The second kappa shape index (κ2) is 8.16. The Morgan fingerprint density at radius 1 is 1.26 bits per heavy atom. The standard InChI is InChI=1S/C16H26FNO/c1-5-7-12(3)16(18-10-6-2)13-8-9-15(19-4)14(17)11-13/h8-9,11-12,16,18H,5-7,10H2,1-4H3. The average molecular weight is 267 g/mol. The molecule has 2 unspecified atom stereocenters. The van der Waals surface area contributed by atoms with Crippen molar-refractivity contribution in [2.24, 2.45) is 5.92 Å². The number of benzene rings is 1. The number of methoxy groups -OCH3 is 1. The van der Waals surface area contributed by atoms with E-state index in [2.05, 4.69) is 26.1 Å². The number of hydrogen-bond donors (Lipinski definition) is 1. The highest BCUT2D eigenvalue weighted by Crippen LogP contribution is 2.28. The monoisotopic (exact) mass is 267 g/mol. The van der Waals surface area contributed by atoms with Gasteiger partial charge in [0.1, 0.15) is 0 Å². The number of halogens is 1. The minimum absolute atomic E-state index is 0.209. The summed E-state index contributed by atoms with van der Waals surface area (Å²) in [6, 6.07) is 5.48. The molecular weight excluding hydrogens is 241 g/mol. The molecule has 0 saturated heterocycles. The summed E-state index contributed by atoms with van der Waals surface area (Å²) in [5.41, 5.74) is 1.01. The number of ether oxygens (including phenoxy) is 1. The third-order valence-corrected chi connectivity index (χ3v) is 3.46. The lowest BCUT2D eigenvalue weighted by Gasteiger charge is -2.26. The Hall–Kier alpha value is -1.09. The van der Waals surface area contributed by atoms with Gasteiger partial charge < -0.3 is 10.1 Å². The van der Waals surface area contributed by atoms with Crippen LogP contribution in [0.1, 0.15) is 51.6 Å². The highest BCUT2D eigenvalue weighted by molar-refractivity contribution is 5.31. The Morgan fingerprint density at radius 2 is 2.00 bits per heavy atom. The molecule has 3 heteroatoms. The van der Waals surface area contributed by atoms with Gasteiger partial charge in [0.05, 0.1) is 7.11 Å². The molecular formula is C16H26FNO. The molecule has 0 saturated carbocycles. The highest BCUT2D eigenvalue weighted by atomic mass is 19.1. The second-order valence-electron chi connectivity index (χ2n) is 5.09. The van der Waals surface area contributed by atoms with Crippen LogP contribution in [0.3, 0.4) is 0 Å². The first-order valence-electron chi connectivity index (χ1n) is 7.20. The van der Waals surface area contributed by atoms with Crippen molar-refractivity contribution < 1.29 is 9.13 Å². The van der Waals surface area contributed by atoms with Crippen LogP contribution in [0, 0.1) is 11.7 Å². The van der Waals surface area contributed by atoms with Crippen molar-refractivity contribution in [3.63, 3.8) is 0 Å². The van der Waals surface area contributed by atoms with Crippen LogP contribution in [0.2, 0.25) is 0 Å². The molecule has 2 nitrogen and oxygen atoms in total. The molecule has 1 N–H and O–H groups in total. The van der Waals surface area contributed by atoms with Gasteiger partial charge in [0.25, 0.3) is 0 Å². The zero-order chi connectivity index (χ0) is 14.3. The van der Waals surface area contributed by atoms with Gasteiger partial charge in [-0.3, -0.25) is 0 Å². The molecule has 1 rings (SSSR count). The lowest BCUT2D eigenvalue weighted by Crippen LogP contribution is -2.27. The fourth-order valence-corrected chi connectivity index (χ4v) is 2.45. The van der Waals surface area contributed by atoms with Gasteiger partial charge in [0.2, 0.25) is 0 Å². The van der Waals surface area contributed by atoms with Crippen molar-refractivity contribution >= 4 is 0 Å². The molecule has 2 atom stereocenters. The third-order valence-electron chi connectivity index (χ3n) is 3.46. The summed E-state index contributed by atoms with van der Waals surface area (Å²) in [7, 11) is 1.49. The molecule has 0 aliphatic heterocycles. The Kier molecular flexibility index (Phi) is 6.85. The Bertz CT molecular complexity index is 381. The Morgan fingerprint density at radius 3 is 2.53 bits per heavy atom. The first-order chi connectivity index (χ1) is 9.13.